The van der Waals surface area contributed by atoms with E-state index in [4.69, 9.17) is 9.15 Å². The predicted octanol–water partition coefficient (Wildman–Crippen LogP) is 2.55. The second-order valence-corrected chi connectivity index (χ2v) is 6.53. The largest absolute Gasteiger partial charge is 0.465 e. The summed E-state index contributed by atoms with van der Waals surface area (Å²) in [6, 6.07) is 14.7. The van der Waals surface area contributed by atoms with Crippen LogP contribution in [0.3, 0.4) is 0 Å². The first-order valence-corrected chi connectivity index (χ1v) is 9.30. The van der Waals surface area contributed by atoms with Gasteiger partial charge in [0.25, 0.3) is 11.8 Å². The van der Waals surface area contributed by atoms with Crippen molar-refractivity contribution in [2.75, 3.05) is 18.1 Å². The third kappa shape index (κ3) is 3.44. The van der Waals surface area contributed by atoms with Gasteiger partial charge in [0.15, 0.2) is 5.76 Å². The molecule has 0 aliphatic carbocycles. The van der Waals surface area contributed by atoms with Gasteiger partial charge < -0.3 is 9.15 Å². The third-order valence-electron chi connectivity index (χ3n) is 4.70. The summed E-state index contributed by atoms with van der Waals surface area (Å²) in [7, 11) is 0. The molecule has 148 valence electrons. The van der Waals surface area contributed by atoms with Crippen LogP contribution in [0.15, 0.2) is 59.2 Å². The van der Waals surface area contributed by atoms with Crippen LogP contribution < -0.4 is 4.90 Å². The van der Waals surface area contributed by atoms with Gasteiger partial charge in [-0.15, -0.1) is 0 Å². The second kappa shape index (κ2) is 7.75. The molecule has 4 rings (SSSR count). The standard InChI is InChI=1S/C21H19N3O5/c1-2-28-21(27)18-19(25)23(11-10-14-7-4-3-5-8-14)17-13-15(16-9-6-12-29-16)22-24(17)20(18)26/h3-9,12-13,18H,2,10-11H2,1H3. The quantitative estimate of drug-likeness (QED) is 0.472. The van der Waals surface area contributed by atoms with E-state index < -0.39 is 23.7 Å². The molecule has 29 heavy (non-hydrogen) atoms. The smallest absolute Gasteiger partial charge is 0.328 e. The lowest BCUT2D eigenvalue weighted by molar-refractivity contribution is -0.149. The zero-order valence-electron chi connectivity index (χ0n) is 15.8. The van der Waals surface area contributed by atoms with Crippen molar-refractivity contribution in [2.24, 2.45) is 5.92 Å². The summed E-state index contributed by atoms with van der Waals surface area (Å²) < 4.78 is 11.4. The Balaban J connectivity index is 1.72. The Morgan fingerprint density at radius 2 is 1.93 bits per heavy atom. The van der Waals surface area contributed by atoms with Gasteiger partial charge in [-0.05, 0) is 31.0 Å². The van der Waals surface area contributed by atoms with E-state index in [2.05, 4.69) is 5.10 Å². The van der Waals surface area contributed by atoms with Gasteiger partial charge in [0.05, 0.1) is 12.9 Å². The van der Waals surface area contributed by atoms with Crippen LogP contribution >= 0.6 is 0 Å². The number of rotatable bonds is 6. The Kier molecular flexibility index (Phi) is 4.99. The summed E-state index contributed by atoms with van der Waals surface area (Å²) in [4.78, 5) is 39.7. The Labute approximate surface area is 166 Å². The van der Waals surface area contributed by atoms with Gasteiger partial charge in [-0.2, -0.15) is 9.78 Å². The third-order valence-corrected chi connectivity index (χ3v) is 4.70. The zero-order chi connectivity index (χ0) is 20.4. The zero-order valence-corrected chi connectivity index (χ0v) is 15.8. The summed E-state index contributed by atoms with van der Waals surface area (Å²) in [5.41, 5.74) is 1.43. The minimum atomic E-state index is -1.57. The highest BCUT2D eigenvalue weighted by atomic mass is 16.5. The van der Waals surface area contributed by atoms with Crippen LogP contribution in [-0.2, 0) is 20.7 Å². The van der Waals surface area contributed by atoms with Crippen molar-refractivity contribution in [1.82, 2.24) is 9.78 Å². The Morgan fingerprint density at radius 1 is 1.14 bits per heavy atom. The van der Waals surface area contributed by atoms with Crippen LogP contribution in [0.25, 0.3) is 11.5 Å². The van der Waals surface area contributed by atoms with Crippen molar-refractivity contribution < 1.29 is 23.5 Å². The normalized spacial score (nSPS) is 16.0. The van der Waals surface area contributed by atoms with E-state index in [0.717, 1.165) is 10.2 Å². The first kappa shape index (κ1) is 18.7. The first-order chi connectivity index (χ1) is 14.1. The van der Waals surface area contributed by atoms with E-state index in [-0.39, 0.29) is 13.2 Å². The van der Waals surface area contributed by atoms with Crippen LogP contribution in [0.4, 0.5) is 5.82 Å². The highest BCUT2D eigenvalue weighted by Crippen LogP contribution is 2.31. The molecule has 1 unspecified atom stereocenters. The molecule has 0 N–H and O–H groups in total. The molecule has 0 radical (unpaired) electrons. The molecule has 1 aromatic carbocycles. The van der Waals surface area contributed by atoms with Crippen molar-refractivity contribution in [3.8, 4) is 11.5 Å². The fourth-order valence-corrected chi connectivity index (χ4v) is 3.30. The maximum absolute atomic E-state index is 13.1. The lowest BCUT2D eigenvalue weighted by Crippen LogP contribution is -2.51. The van der Waals surface area contributed by atoms with Crippen LogP contribution in [0.2, 0.25) is 0 Å². The number of hydrogen-bond acceptors (Lipinski definition) is 6. The van der Waals surface area contributed by atoms with E-state index in [1.165, 1.54) is 11.2 Å². The summed E-state index contributed by atoms with van der Waals surface area (Å²) in [6.45, 7) is 1.98. The minimum absolute atomic E-state index is 0.0729. The Bertz CT molecular complexity index is 1040. The highest BCUT2D eigenvalue weighted by Gasteiger charge is 2.46. The summed E-state index contributed by atoms with van der Waals surface area (Å²) >= 11 is 0. The Morgan fingerprint density at radius 3 is 2.62 bits per heavy atom. The molecule has 8 nitrogen and oxygen atoms in total. The maximum Gasteiger partial charge on any atom is 0.328 e. The number of amides is 1. The molecule has 1 aliphatic rings. The molecular weight excluding hydrogens is 374 g/mol. The van der Waals surface area contributed by atoms with Gasteiger partial charge >= 0.3 is 5.97 Å². The number of hydrogen-bond donors (Lipinski definition) is 0. The van der Waals surface area contributed by atoms with Gasteiger partial charge in [-0.3, -0.25) is 19.3 Å². The summed E-state index contributed by atoms with van der Waals surface area (Å²) in [6.07, 6.45) is 2.05. The number of carbonyl (C=O) groups is 3. The second-order valence-electron chi connectivity index (χ2n) is 6.53. The van der Waals surface area contributed by atoms with E-state index in [1.807, 2.05) is 30.3 Å². The molecule has 3 aromatic rings. The molecule has 3 heterocycles. The molecule has 2 aromatic heterocycles. The molecule has 1 amide bonds. The number of furan rings is 1. The van der Waals surface area contributed by atoms with Gasteiger partial charge in [0, 0.05) is 12.6 Å². The number of fused-ring (bicyclic) bond motifs is 1. The molecular formula is C21H19N3O5. The van der Waals surface area contributed by atoms with Crippen LogP contribution in [-0.4, -0.2) is 40.7 Å². The van der Waals surface area contributed by atoms with E-state index in [0.29, 0.717) is 23.7 Å². The predicted molar refractivity (Wildman–Crippen MR) is 103 cm³/mol. The molecule has 1 aliphatic heterocycles. The molecule has 1 atom stereocenters. The monoisotopic (exact) mass is 393 g/mol. The fourth-order valence-electron chi connectivity index (χ4n) is 3.30. The molecule has 0 bridgehead atoms. The lowest BCUT2D eigenvalue weighted by atomic mass is 10.0. The average Bonchev–Trinajstić information content (AvgIpc) is 3.39. The summed E-state index contributed by atoms with van der Waals surface area (Å²) in [5, 5.41) is 4.28. The number of benzene rings is 1. The molecule has 0 saturated carbocycles. The number of nitrogens with zero attached hydrogens (tertiary/aromatic N) is 3. The number of carbonyl (C=O) groups excluding carboxylic acids is 3. The molecule has 0 fully saturated rings. The SMILES string of the molecule is CCOC(=O)C1C(=O)N(CCc2ccccc2)c2cc(-c3ccco3)nn2C1=O. The highest BCUT2D eigenvalue weighted by molar-refractivity contribution is 6.23. The molecule has 8 heteroatoms. The minimum Gasteiger partial charge on any atom is -0.465 e. The van der Waals surface area contributed by atoms with Crippen molar-refractivity contribution in [1.29, 1.82) is 0 Å². The van der Waals surface area contributed by atoms with Crippen LogP contribution in [0.5, 0.6) is 0 Å². The number of ether oxygens (including phenoxy) is 1. The number of anilines is 1. The fraction of sp³-hybridized carbons (Fsp3) is 0.238. The lowest BCUT2D eigenvalue weighted by Gasteiger charge is -2.30. The van der Waals surface area contributed by atoms with Crippen molar-refractivity contribution in [3.63, 3.8) is 0 Å². The van der Waals surface area contributed by atoms with Gasteiger partial charge in [-0.1, -0.05) is 30.3 Å². The number of esters is 1. The topological polar surface area (TPSA) is 94.6 Å². The average molecular weight is 393 g/mol. The van der Waals surface area contributed by atoms with Gasteiger partial charge in [0.1, 0.15) is 11.5 Å². The van der Waals surface area contributed by atoms with E-state index in [1.54, 1.807) is 25.1 Å². The van der Waals surface area contributed by atoms with Gasteiger partial charge in [0.2, 0.25) is 5.92 Å². The Hall–Kier alpha value is -3.68. The molecule has 0 spiro atoms. The van der Waals surface area contributed by atoms with E-state index >= 15 is 0 Å². The molecule has 0 saturated heterocycles. The van der Waals surface area contributed by atoms with Gasteiger partial charge in [-0.25, -0.2) is 0 Å². The van der Waals surface area contributed by atoms with E-state index in [9.17, 15) is 14.4 Å². The maximum atomic E-state index is 13.1. The van der Waals surface area contributed by atoms with Crippen molar-refractivity contribution >= 4 is 23.6 Å². The van der Waals surface area contributed by atoms with Crippen molar-refractivity contribution in [3.05, 3.63) is 60.4 Å². The summed E-state index contributed by atoms with van der Waals surface area (Å²) in [5.74, 6) is -3.00. The van der Waals surface area contributed by atoms with Crippen LogP contribution in [0.1, 0.15) is 17.3 Å². The first-order valence-electron chi connectivity index (χ1n) is 9.30. The van der Waals surface area contributed by atoms with Crippen LogP contribution in [0, 0.1) is 5.92 Å². The van der Waals surface area contributed by atoms with Crippen molar-refractivity contribution in [2.45, 2.75) is 13.3 Å². The number of aromatic nitrogens is 2.